The second kappa shape index (κ2) is 7.50. The Morgan fingerprint density at radius 3 is 3.00 bits per heavy atom. The van der Waals surface area contributed by atoms with Crippen LogP contribution in [0, 0.1) is 6.92 Å². The standard InChI is InChI=1S/C19H25N3O2S/c1-15-21-17(14-25-15)12-23-18-9-19(24-13-18)4-7-22(8-5-19)11-16-3-2-6-20-10-16/h2-3,6,10,14,18H,4-5,7-9,11-13H2,1H3/t18-/m1/s1. The number of aryl methyl sites for hydroxylation is 1. The summed E-state index contributed by atoms with van der Waals surface area (Å²) in [6.07, 6.45) is 7.17. The summed E-state index contributed by atoms with van der Waals surface area (Å²) in [4.78, 5) is 11.2. The predicted octanol–water partition coefficient (Wildman–Crippen LogP) is 3.19. The minimum atomic E-state index is 0.0219. The summed E-state index contributed by atoms with van der Waals surface area (Å²) in [6.45, 7) is 6.47. The van der Waals surface area contributed by atoms with Gasteiger partial charge in [0.1, 0.15) is 0 Å². The molecule has 0 saturated carbocycles. The number of thiazole rings is 1. The van der Waals surface area contributed by atoms with Crippen LogP contribution in [-0.4, -0.2) is 46.3 Å². The van der Waals surface area contributed by atoms with Gasteiger partial charge in [-0.1, -0.05) is 6.07 Å². The summed E-state index contributed by atoms with van der Waals surface area (Å²) < 4.78 is 12.3. The van der Waals surface area contributed by atoms with Crippen LogP contribution < -0.4 is 0 Å². The molecule has 2 aromatic heterocycles. The molecule has 0 bridgehead atoms. The molecule has 0 N–H and O–H groups in total. The molecule has 4 heterocycles. The monoisotopic (exact) mass is 359 g/mol. The van der Waals surface area contributed by atoms with Crippen molar-refractivity contribution in [3.05, 3.63) is 46.2 Å². The SMILES string of the molecule is Cc1nc(CO[C@H]2COC3(CCN(Cc4cccnc4)CC3)C2)cs1. The normalized spacial score (nSPS) is 23.3. The lowest BCUT2D eigenvalue weighted by atomic mass is 9.88. The van der Waals surface area contributed by atoms with Crippen molar-refractivity contribution < 1.29 is 9.47 Å². The summed E-state index contributed by atoms with van der Waals surface area (Å²) in [5, 5.41) is 3.18. The van der Waals surface area contributed by atoms with E-state index in [0.29, 0.717) is 13.2 Å². The van der Waals surface area contributed by atoms with Gasteiger partial charge in [0.15, 0.2) is 0 Å². The minimum absolute atomic E-state index is 0.0219. The van der Waals surface area contributed by atoms with E-state index in [9.17, 15) is 0 Å². The van der Waals surface area contributed by atoms with Gasteiger partial charge in [-0.2, -0.15) is 0 Å². The molecule has 0 aliphatic carbocycles. The van der Waals surface area contributed by atoms with Gasteiger partial charge in [-0.05, 0) is 31.4 Å². The van der Waals surface area contributed by atoms with Crippen molar-refractivity contribution >= 4 is 11.3 Å². The van der Waals surface area contributed by atoms with Crippen LogP contribution in [0.5, 0.6) is 0 Å². The third-order valence-corrected chi connectivity index (χ3v) is 6.03. The zero-order valence-corrected chi connectivity index (χ0v) is 15.5. The third-order valence-electron chi connectivity index (χ3n) is 5.20. The highest BCUT2D eigenvalue weighted by atomic mass is 32.1. The van der Waals surface area contributed by atoms with Gasteiger partial charge in [-0.15, -0.1) is 11.3 Å². The Morgan fingerprint density at radius 2 is 2.28 bits per heavy atom. The average molecular weight is 359 g/mol. The van der Waals surface area contributed by atoms with Crippen molar-refractivity contribution in [1.29, 1.82) is 0 Å². The summed E-state index contributed by atoms with van der Waals surface area (Å²) in [6, 6.07) is 4.15. The van der Waals surface area contributed by atoms with Crippen LogP contribution in [0.25, 0.3) is 0 Å². The van der Waals surface area contributed by atoms with Crippen molar-refractivity contribution in [3.8, 4) is 0 Å². The van der Waals surface area contributed by atoms with E-state index in [1.165, 1.54) is 5.56 Å². The lowest BCUT2D eigenvalue weighted by Crippen LogP contribution is -2.43. The number of pyridine rings is 1. The first-order valence-electron chi connectivity index (χ1n) is 8.99. The fraction of sp³-hybridized carbons (Fsp3) is 0.579. The number of aromatic nitrogens is 2. The summed E-state index contributed by atoms with van der Waals surface area (Å²) in [5.74, 6) is 0. The highest BCUT2D eigenvalue weighted by Gasteiger charge is 2.43. The smallest absolute Gasteiger partial charge is 0.0901 e. The van der Waals surface area contributed by atoms with Crippen LogP contribution in [0.1, 0.15) is 35.5 Å². The first-order chi connectivity index (χ1) is 12.2. The van der Waals surface area contributed by atoms with Crippen LogP contribution in [0.4, 0.5) is 0 Å². The van der Waals surface area contributed by atoms with Crippen molar-refractivity contribution in [1.82, 2.24) is 14.9 Å². The fourth-order valence-corrected chi connectivity index (χ4v) is 4.40. The zero-order chi connectivity index (χ0) is 17.1. The van der Waals surface area contributed by atoms with Gasteiger partial charge < -0.3 is 9.47 Å². The quantitative estimate of drug-likeness (QED) is 0.820. The summed E-state index contributed by atoms with van der Waals surface area (Å²) >= 11 is 1.68. The molecular weight excluding hydrogens is 334 g/mol. The Bertz CT molecular complexity index is 683. The van der Waals surface area contributed by atoms with Gasteiger partial charge in [-0.25, -0.2) is 4.98 Å². The molecule has 2 aliphatic rings. The van der Waals surface area contributed by atoms with Crippen molar-refractivity contribution in [2.75, 3.05) is 19.7 Å². The van der Waals surface area contributed by atoms with Gasteiger partial charge >= 0.3 is 0 Å². The Balaban J connectivity index is 1.24. The molecule has 0 unspecified atom stereocenters. The molecule has 25 heavy (non-hydrogen) atoms. The molecule has 2 fully saturated rings. The van der Waals surface area contributed by atoms with Gasteiger partial charge in [0.2, 0.25) is 0 Å². The van der Waals surface area contributed by atoms with Crippen molar-refractivity contribution in [2.24, 2.45) is 0 Å². The predicted molar refractivity (Wildman–Crippen MR) is 97.5 cm³/mol. The number of rotatable bonds is 5. The lowest BCUT2D eigenvalue weighted by molar-refractivity contribution is -0.0468. The molecule has 4 rings (SSSR count). The van der Waals surface area contributed by atoms with E-state index in [2.05, 4.69) is 26.3 Å². The van der Waals surface area contributed by atoms with E-state index in [0.717, 1.165) is 49.6 Å². The van der Waals surface area contributed by atoms with E-state index >= 15 is 0 Å². The highest BCUT2D eigenvalue weighted by Crippen LogP contribution is 2.37. The third kappa shape index (κ3) is 4.26. The van der Waals surface area contributed by atoms with Gasteiger partial charge in [-0.3, -0.25) is 9.88 Å². The molecule has 0 radical (unpaired) electrons. The largest absolute Gasteiger partial charge is 0.372 e. The lowest BCUT2D eigenvalue weighted by Gasteiger charge is -2.38. The number of hydrogen-bond donors (Lipinski definition) is 0. The molecule has 1 atom stereocenters. The average Bonchev–Trinajstić information content (AvgIpc) is 3.23. The van der Waals surface area contributed by atoms with E-state index < -0.39 is 0 Å². The van der Waals surface area contributed by atoms with Crippen molar-refractivity contribution in [2.45, 2.75) is 51.0 Å². The van der Waals surface area contributed by atoms with E-state index in [1.54, 1.807) is 11.3 Å². The number of likely N-dealkylation sites (tertiary alicyclic amines) is 1. The van der Waals surface area contributed by atoms with Gasteiger partial charge in [0.25, 0.3) is 0 Å². The molecule has 6 heteroatoms. The number of piperidine rings is 1. The molecular formula is C19H25N3O2S. The van der Waals surface area contributed by atoms with Crippen LogP contribution in [-0.2, 0) is 22.6 Å². The van der Waals surface area contributed by atoms with Gasteiger partial charge in [0, 0.05) is 43.8 Å². The topological polar surface area (TPSA) is 47.5 Å². The minimum Gasteiger partial charge on any atom is -0.372 e. The maximum atomic E-state index is 6.20. The van der Waals surface area contributed by atoms with Crippen LogP contribution >= 0.6 is 11.3 Å². The van der Waals surface area contributed by atoms with Crippen LogP contribution in [0.3, 0.4) is 0 Å². The van der Waals surface area contributed by atoms with E-state index in [-0.39, 0.29) is 11.7 Å². The maximum absolute atomic E-state index is 6.20. The number of hydrogen-bond acceptors (Lipinski definition) is 6. The molecule has 134 valence electrons. The summed E-state index contributed by atoms with van der Waals surface area (Å²) in [7, 11) is 0. The van der Waals surface area contributed by atoms with E-state index in [4.69, 9.17) is 9.47 Å². The van der Waals surface area contributed by atoms with Gasteiger partial charge in [0.05, 0.1) is 35.6 Å². The Morgan fingerprint density at radius 1 is 1.40 bits per heavy atom. The molecule has 0 aromatic carbocycles. The van der Waals surface area contributed by atoms with Crippen LogP contribution in [0.2, 0.25) is 0 Å². The Kier molecular flexibility index (Phi) is 5.12. The fourth-order valence-electron chi connectivity index (χ4n) is 3.80. The molecule has 5 nitrogen and oxygen atoms in total. The molecule has 0 amide bonds. The summed E-state index contributed by atoms with van der Waals surface area (Å²) in [5.41, 5.74) is 2.34. The second-order valence-corrected chi connectivity index (χ2v) is 8.19. The van der Waals surface area contributed by atoms with Crippen LogP contribution in [0.15, 0.2) is 29.9 Å². The molecule has 2 aliphatic heterocycles. The van der Waals surface area contributed by atoms with Crippen molar-refractivity contribution in [3.63, 3.8) is 0 Å². The molecule has 1 spiro atoms. The highest BCUT2D eigenvalue weighted by molar-refractivity contribution is 7.09. The number of nitrogens with zero attached hydrogens (tertiary/aromatic N) is 3. The molecule has 2 aromatic rings. The maximum Gasteiger partial charge on any atom is 0.0901 e. The first-order valence-corrected chi connectivity index (χ1v) is 9.87. The molecule has 2 saturated heterocycles. The Hall–Kier alpha value is -1.34. The second-order valence-electron chi connectivity index (χ2n) is 7.13. The number of ether oxygens (including phenoxy) is 2. The first kappa shape index (κ1) is 17.1. The Labute approximate surface area is 153 Å². The zero-order valence-electron chi connectivity index (χ0n) is 14.7. The van der Waals surface area contributed by atoms with E-state index in [1.807, 2.05) is 25.4 Å².